The molecule has 10 rings (SSSR count). The molecule has 0 N–H and O–H groups in total. The zero-order valence-electron chi connectivity index (χ0n) is 28.0. The van der Waals surface area contributed by atoms with Crippen molar-refractivity contribution in [2.75, 3.05) is 4.90 Å². The van der Waals surface area contributed by atoms with E-state index < -0.39 is 0 Å². The van der Waals surface area contributed by atoms with Gasteiger partial charge in [-0.2, -0.15) is 0 Å². The summed E-state index contributed by atoms with van der Waals surface area (Å²) in [4.78, 5) is 2.51. The quantitative estimate of drug-likeness (QED) is 0.168. The first-order valence-corrected chi connectivity index (χ1v) is 17.6. The molecule has 1 heteroatoms. The summed E-state index contributed by atoms with van der Waals surface area (Å²) in [6.07, 6.45) is 0. The minimum absolute atomic E-state index is 1.11. The molecular weight excluding hydrogens is 615 g/mol. The Bertz CT molecular complexity index is 2910. The standard InChI is InChI=1S/C50H33N/c1-2-16-38-33-39(28-27-34(38)13-1)35-29-31-40(32-30-35)51(48-26-12-18-37-15-4-6-20-42(37)48)50-47-24-10-8-22-44(47)43-21-7-9-23-46(43)49(50)45-25-11-17-36-14-3-5-19-41(36)45/h1-33H. The van der Waals surface area contributed by atoms with Crippen LogP contribution < -0.4 is 4.90 Å². The largest absolute Gasteiger partial charge is 0.309 e. The second-order valence-electron chi connectivity index (χ2n) is 13.3. The van der Waals surface area contributed by atoms with Crippen LogP contribution in [0.5, 0.6) is 0 Å². The van der Waals surface area contributed by atoms with Gasteiger partial charge in [0.2, 0.25) is 0 Å². The van der Waals surface area contributed by atoms with Crippen LogP contribution in [0.4, 0.5) is 17.1 Å². The molecule has 0 unspecified atom stereocenters. The van der Waals surface area contributed by atoms with Gasteiger partial charge in [0.25, 0.3) is 0 Å². The van der Waals surface area contributed by atoms with Gasteiger partial charge in [-0.25, -0.2) is 0 Å². The van der Waals surface area contributed by atoms with E-state index in [1.165, 1.54) is 81.8 Å². The minimum atomic E-state index is 1.11. The van der Waals surface area contributed by atoms with Gasteiger partial charge in [0.15, 0.2) is 0 Å². The molecule has 0 amide bonds. The summed E-state index contributed by atoms with van der Waals surface area (Å²) in [5, 5.41) is 12.3. The van der Waals surface area contributed by atoms with Gasteiger partial charge >= 0.3 is 0 Å². The van der Waals surface area contributed by atoms with Crippen LogP contribution >= 0.6 is 0 Å². The van der Waals surface area contributed by atoms with E-state index >= 15 is 0 Å². The summed E-state index contributed by atoms with van der Waals surface area (Å²) in [6, 6.07) is 73.2. The van der Waals surface area contributed by atoms with Crippen molar-refractivity contribution in [3.05, 3.63) is 200 Å². The molecular formula is C50H33N. The third kappa shape index (κ3) is 4.86. The Kier molecular flexibility index (Phi) is 6.89. The third-order valence-corrected chi connectivity index (χ3v) is 10.4. The van der Waals surface area contributed by atoms with Gasteiger partial charge in [-0.1, -0.05) is 176 Å². The van der Waals surface area contributed by atoms with E-state index in [2.05, 4.69) is 205 Å². The lowest BCUT2D eigenvalue weighted by molar-refractivity contribution is 1.32. The van der Waals surface area contributed by atoms with E-state index in [9.17, 15) is 0 Å². The summed E-state index contributed by atoms with van der Waals surface area (Å²) in [5.41, 5.74) is 8.29. The first-order valence-electron chi connectivity index (χ1n) is 17.6. The lowest BCUT2D eigenvalue weighted by Gasteiger charge is -2.32. The fraction of sp³-hybridized carbons (Fsp3) is 0. The second kappa shape index (κ2) is 12.0. The Morgan fingerprint density at radius 3 is 1.55 bits per heavy atom. The SMILES string of the molecule is c1ccc2cc(-c3ccc(N(c4cccc5ccccc45)c4c(-c5cccc6ccccc56)c5ccccc5c5ccccc45)cc3)ccc2c1. The normalized spacial score (nSPS) is 11.5. The van der Waals surface area contributed by atoms with Gasteiger partial charge in [-0.3, -0.25) is 0 Å². The number of rotatable bonds is 5. The molecule has 10 aromatic rings. The number of fused-ring (bicyclic) bond motifs is 6. The monoisotopic (exact) mass is 647 g/mol. The van der Waals surface area contributed by atoms with Gasteiger partial charge in [-0.05, 0) is 84.0 Å². The number of hydrogen-bond donors (Lipinski definition) is 0. The Balaban J connectivity index is 1.31. The summed E-state index contributed by atoms with van der Waals surface area (Å²) in [6.45, 7) is 0. The lowest BCUT2D eigenvalue weighted by atomic mass is 9.87. The molecule has 238 valence electrons. The maximum Gasteiger partial charge on any atom is 0.0625 e. The van der Waals surface area contributed by atoms with E-state index in [1.807, 2.05) is 0 Å². The molecule has 0 aromatic heterocycles. The fourth-order valence-corrected chi connectivity index (χ4v) is 8.03. The zero-order chi connectivity index (χ0) is 33.7. The molecule has 0 atom stereocenters. The van der Waals surface area contributed by atoms with Crippen molar-refractivity contribution in [2.45, 2.75) is 0 Å². The van der Waals surface area contributed by atoms with Crippen LogP contribution in [0.1, 0.15) is 0 Å². The molecule has 0 bridgehead atoms. The van der Waals surface area contributed by atoms with Crippen molar-refractivity contribution in [1.29, 1.82) is 0 Å². The van der Waals surface area contributed by atoms with Crippen LogP contribution in [0.2, 0.25) is 0 Å². The molecule has 0 aliphatic heterocycles. The van der Waals surface area contributed by atoms with Gasteiger partial charge < -0.3 is 4.90 Å². The maximum absolute atomic E-state index is 2.51. The third-order valence-electron chi connectivity index (χ3n) is 10.4. The number of anilines is 3. The molecule has 0 aliphatic rings. The highest BCUT2D eigenvalue weighted by molar-refractivity contribution is 6.25. The molecule has 1 nitrogen and oxygen atoms in total. The molecule has 0 saturated heterocycles. The Labute approximate surface area is 297 Å². The molecule has 10 aromatic carbocycles. The summed E-state index contributed by atoms with van der Waals surface area (Å²) in [7, 11) is 0. The molecule has 0 saturated carbocycles. The molecule has 0 heterocycles. The molecule has 0 radical (unpaired) electrons. The van der Waals surface area contributed by atoms with Crippen LogP contribution in [0.3, 0.4) is 0 Å². The first kappa shape index (κ1) is 29.2. The maximum atomic E-state index is 2.51. The minimum Gasteiger partial charge on any atom is -0.309 e. The lowest BCUT2D eigenvalue weighted by Crippen LogP contribution is -2.13. The van der Waals surface area contributed by atoms with Crippen LogP contribution in [-0.2, 0) is 0 Å². The van der Waals surface area contributed by atoms with E-state index in [4.69, 9.17) is 0 Å². The number of hydrogen-bond acceptors (Lipinski definition) is 1. The fourth-order valence-electron chi connectivity index (χ4n) is 8.03. The first-order chi connectivity index (χ1) is 25.3. The van der Waals surface area contributed by atoms with Crippen molar-refractivity contribution in [3.8, 4) is 22.3 Å². The second-order valence-corrected chi connectivity index (χ2v) is 13.3. The van der Waals surface area contributed by atoms with E-state index in [0.717, 1.165) is 11.4 Å². The van der Waals surface area contributed by atoms with Crippen molar-refractivity contribution in [1.82, 2.24) is 0 Å². The van der Waals surface area contributed by atoms with Gasteiger partial charge in [-0.15, -0.1) is 0 Å². The molecule has 0 spiro atoms. The van der Waals surface area contributed by atoms with Gasteiger partial charge in [0.05, 0.1) is 11.4 Å². The van der Waals surface area contributed by atoms with Crippen molar-refractivity contribution in [3.63, 3.8) is 0 Å². The Morgan fingerprint density at radius 1 is 0.294 bits per heavy atom. The highest BCUT2D eigenvalue weighted by Gasteiger charge is 2.25. The molecule has 51 heavy (non-hydrogen) atoms. The summed E-state index contributed by atoms with van der Waals surface area (Å²) in [5.74, 6) is 0. The van der Waals surface area contributed by atoms with Crippen LogP contribution in [0.15, 0.2) is 200 Å². The number of benzene rings is 10. The topological polar surface area (TPSA) is 3.24 Å². The average Bonchev–Trinajstić information content (AvgIpc) is 3.21. The Morgan fingerprint density at radius 2 is 0.804 bits per heavy atom. The highest BCUT2D eigenvalue weighted by Crippen LogP contribution is 2.51. The summed E-state index contributed by atoms with van der Waals surface area (Å²) >= 11 is 0. The summed E-state index contributed by atoms with van der Waals surface area (Å²) < 4.78 is 0. The van der Waals surface area contributed by atoms with E-state index in [-0.39, 0.29) is 0 Å². The molecule has 0 aliphatic carbocycles. The predicted molar refractivity (Wildman–Crippen MR) is 220 cm³/mol. The zero-order valence-corrected chi connectivity index (χ0v) is 28.0. The van der Waals surface area contributed by atoms with Gasteiger partial charge in [0.1, 0.15) is 0 Å². The smallest absolute Gasteiger partial charge is 0.0625 e. The van der Waals surface area contributed by atoms with Crippen molar-refractivity contribution >= 4 is 70.9 Å². The predicted octanol–water partition coefficient (Wildman–Crippen LogP) is 14.3. The average molecular weight is 648 g/mol. The van der Waals surface area contributed by atoms with Crippen LogP contribution in [-0.4, -0.2) is 0 Å². The van der Waals surface area contributed by atoms with Crippen LogP contribution in [0.25, 0.3) is 76.1 Å². The highest BCUT2D eigenvalue weighted by atomic mass is 15.1. The molecule has 0 fully saturated rings. The van der Waals surface area contributed by atoms with Crippen LogP contribution in [0, 0.1) is 0 Å². The van der Waals surface area contributed by atoms with Crippen molar-refractivity contribution < 1.29 is 0 Å². The number of nitrogens with zero attached hydrogens (tertiary/aromatic N) is 1. The van der Waals surface area contributed by atoms with Gasteiger partial charge in [0, 0.05) is 22.0 Å². The Hall–Kier alpha value is -6.70. The van der Waals surface area contributed by atoms with E-state index in [1.54, 1.807) is 0 Å². The van der Waals surface area contributed by atoms with Crippen molar-refractivity contribution in [2.24, 2.45) is 0 Å². The van der Waals surface area contributed by atoms with E-state index in [0.29, 0.717) is 0 Å².